The standard InChI is InChI=1S/C21H29NO3S/c1-4-24-19-10-6-5-9-18(19)17-12-11-16(8-7-13-25-15(2)3)21(26)22-20(23)14-17/h5-6,9-10,14-16H,4,7-8,11-13H2,1-3H3,(H,22,23,26). The molecular weight excluding hydrogens is 346 g/mol. The molecule has 0 spiro atoms. The summed E-state index contributed by atoms with van der Waals surface area (Å²) in [5, 5.41) is 2.87. The minimum absolute atomic E-state index is 0.153. The number of hydrogen-bond acceptors (Lipinski definition) is 4. The first-order valence-electron chi connectivity index (χ1n) is 9.40. The Kier molecular flexibility index (Phi) is 8.26. The zero-order valence-electron chi connectivity index (χ0n) is 15.9. The molecule has 1 amide bonds. The molecule has 1 N–H and O–H groups in total. The van der Waals surface area contributed by atoms with E-state index in [0.29, 0.717) is 11.6 Å². The van der Waals surface area contributed by atoms with Crippen LogP contribution in [-0.2, 0) is 9.53 Å². The first-order chi connectivity index (χ1) is 12.5. The predicted octanol–water partition coefficient (Wildman–Crippen LogP) is 4.53. The Labute approximate surface area is 162 Å². The van der Waals surface area contributed by atoms with Crippen molar-refractivity contribution in [2.45, 2.75) is 52.6 Å². The van der Waals surface area contributed by atoms with Crippen molar-refractivity contribution in [3.63, 3.8) is 0 Å². The molecule has 0 aromatic heterocycles. The molecule has 1 unspecified atom stereocenters. The van der Waals surface area contributed by atoms with E-state index in [2.05, 4.69) is 5.32 Å². The summed E-state index contributed by atoms with van der Waals surface area (Å²) in [4.78, 5) is 13.0. The molecule has 0 aliphatic carbocycles. The van der Waals surface area contributed by atoms with Gasteiger partial charge in [-0.3, -0.25) is 4.79 Å². The number of benzene rings is 1. The second-order valence-corrected chi connectivity index (χ2v) is 7.19. The number of allylic oxidation sites excluding steroid dienone is 1. The van der Waals surface area contributed by atoms with Crippen LogP contribution in [0.4, 0.5) is 0 Å². The molecule has 5 heteroatoms. The molecule has 0 fully saturated rings. The molecular formula is C21H29NO3S. The van der Waals surface area contributed by atoms with E-state index in [1.54, 1.807) is 6.08 Å². The van der Waals surface area contributed by atoms with Gasteiger partial charge in [0, 0.05) is 24.2 Å². The molecule has 2 rings (SSSR count). The van der Waals surface area contributed by atoms with Gasteiger partial charge in [0.25, 0.3) is 0 Å². The Morgan fingerprint density at radius 1 is 1.31 bits per heavy atom. The molecule has 142 valence electrons. The summed E-state index contributed by atoms with van der Waals surface area (Å²) < 4.78 is 11.4. The van der Waals surface area contributed by atoms with E-state index in [1.807, 2.05) is 45.0 Å². The number of carbonyl (C=O) groups is 1. The Morgan fingerprint density at radius 3 is 2.81 bits per heavy atom. The summed E-state index contributed by atoms with van der Waals surface area (Å²) in [7, 11) is 0. The van der Waals surface area contributed by atoms with Gasteiger partial charge in [-0.05, 0) is 58.1 Å². The topological polar surface area (TPSA) is 47.6 Å². The highest BCUT2D eigenvalue weighted by Crippen LogP contribution is 2.32. The fourth-order valence-corrected chi connectivity index (χ4v) is 3.44. The van der Waals surface area contributed by atoms with Crippen LogP contribution in [0.5, 0.6) is 5.75 Å². The SMILES string of the molecule is CCOc1ccccc1C1=CC(=O)NC(=S)C(CCCOC(C)C)CC1. The summed E-state index contributed by atoms with van der Waals surface area (Å²) in [6, 6.07) is 7.88. The molecule has 1 aliphatic rings. The van der Waals surface area contributed by atoms with Crippen LogP contribution in [0.15, 0.2) is 30.3 Å². The van der Waals surface area contributed by atoms with Crippen LogP contribution in [0.2, 0.25) is 0 Å². The van der Waals surface area contributed by atoms with E-state index >= 15 is 0 Å². The van der Waals surface area contributed by atoms with Crippen LogP contribution in [0.3, 0.4) is 0 Å². The van der Waals surface area contributed by atoms with Crippen molar-refractivity contribution in [3.05, 3.63) is 35.9 Å². The van der Waals surface area contributed by atoms with E-state index < -0.39 is 0 Å². The molecule has 1 atom stereocenters. The van der Waals surface area contributed by atoms with Crippen molar-refractivity contribution in [2.75, 3.05) is 13.2 Å². The van der Waals surface area contributed by atoms with Gasteiger partial charge in [0.1, 0.15) is 5.75 Å². The predicted molar refractivity (Wildman–Crippen MR) is 109 cm³/mol. The van der Waals surface area contributed by atoms with Crippen molar-refractivity contribution in [1.29, 1.82) is 0 Å². The second kappa shape index (κ2) is 10.4. The van der Waals surface area contributed by atoms with Gasteiger partial charge in [0.2, 0.25) is 5.91 Å². The third kappa shape index (κ3) is 6.22. The highest BCUT2D eigenvalue weighted by Gasteiger charge is 2.21. The lowest BCUT2D eigenvalue weighted by Gasteiger charge is -2.23. The molecule has 26 heavy (non-hydrogen) atoms. The van der Waals surface area contributed by atoms with E-state index in [-0.39, 0.29) is 17.9 Å². The van der Waals surface area contributed by atoms with Crippen molar-refractivity contribution in [1.82, 2.24) is 5.32 Å². The van der Waals surface area contributed by atoms with Gasteiger partial charge in [0.15, 0.2) is 0 Å². The summed E-state index contributed by atoms with van der Waals surface area (Å²) in [5.74, 6) is 0.853. The molecule has 0 radical (unpaired) electrons. The quantitative estimate of drug-likeness (QED) is 0.536. The van der Waals surface area contributed by atoms with Gasteiger partial charge < -0.3 is 14.8 Å². The maximum atomic E-state index is 12.3. The Hall–Kier alpha value is -1.72. The van der Waals surface area contributed by atoms with Crippen molar-refractivity contribution in [3.8, 4) is 5.75 Å². The third-order valence-electron chi connectivity index (χ3n) is 4.37. The van der Waals surface area contributed by atoms with Gasteiger partial charge in [0.05, 0.1) is 17.7 Å². The molecule has 0 saturated heterocycles. The fourth-order valence-electron chi connectivity index (χ4n) is 3.10. The molecule has 4 nitrogen and oxygen atoms in total. The smallest absolute Gasteiger partial charge is 0.249 e. The summed E-state index contributed by atoms with van der Waals surface area (Å²) in [6.07, 6.45) is 5.46. The van der Waals surface area contributed by atoms with Gasteiger partial charge >= 0.3 is 0 Å². The second-order valence-electron chi connectivity index (χ2n) is 6.75. The van der Waals surface area contributed by atoms with Crippen molar-refractivity contribution < 1.29 is 14.3 Å². The number of hydrogen-bond donors (Lipinski definition) is 1. The fraction of sp³-hybridized carbons (Fsp3) is 0.524. The van der Waals surface area contributed by atoms with Crippen molar-refractivity contribution in [2.24, 2.45) is 5.92 Å². The molecule has 1 aromatic carbocycles. The maximum absolute atomic E-state index is 12.3. The highest BCUT2D eigenvalue weighted by atomic mass is 32.1. The number of ether oxygens (including phenoxy) is 2. The van der Waals surface area contributed by atoms with Crippen LogP contribution in [0.25, 0.3) is 5.57 Å². The van der Waals surface area contributed by atoms with Crippen LogP contribution < -0.4 is 10.1 Å². The Morgan fingerprint density at radius 2 is 2.08 bits per heavy atom. The lowest BCUT2D eigenvalue weighted by atomic mass is 9.90. The lowest BCUT2D eigenvalue weighted by Crippen LogP contribution is -2.34. The highest BCUT2D eigenvalue weighted by molar-refractivity contribution is 7.80. The molecule has 0 bridgehead atoms. The van der Waals surface area contributed by atoms with Gasteiger partial charge in [-0.2, -0.15) is 0 Å². The van der Waals surface area contributed by atoms with Gasteiger partial charge in [-0.1, -0.05) is 30.4 Å². The minimum atomic E-state index is -0.153. The monoisotopic (exact) mass is 375 g/mol. The number of para-hydroxylation sites is 1. The first-order valence-corrected chi connectivity index (χ1v) is 9.81. The minimum Gasteiger partial charge on any atom is -0.493 e. The number of amides is 1. The lowest BCUT2D eigenvalue weighted by molar-refractivity contribution is -0.115. The summed E-state index contributed by atoms with van der Waals surface area (Å²) in [6.45, 7) is 7.35. The Balaban J connectivity index is 2.09. The van der Waals surface area contributed by atoms with Crippen LogP contribution in [0, 0.1) is 5.92 Å². The van der Waals surface area contributed by atoms with Gasteiger partial charge in [-0.15, -0.1) is 0 Å². The van der Waals surface area contributed by atoms with Gasteiger partial charge in [-0.25, -0.2) is 0 Å². The van der Waals surface area contributed by atoms with E-state index in [1.165, 1.54) is 0 Å². The average molecular weight is 376 g/mol. The largest absolute Gasteiger partial charge is 0.493 e. The molecule has 1 heterocycles. The maximum Gasteiger partial charge on any atom is 0.249 e. The summed E-state index contributed by atoms with van der Waals surface area (Å²) in [5.41, 5.74) is 1.98. The summed E-state index contributed by atoms with van der Waals surface area (Å²) >= 11 is 5.45. The van der Waals surface area contributed by atoms with Crippen LogP contribution in [0.1, 0.15) is 52.0 Å². The molecule has 1 aliphatic heterocycles. The zero-order chi connectivity index (χ0) is 18.9. The third-order valence-corrected chi connectivity index (χ3v) is 4.80. The first kappa shape index (κ1) is 20.6. The van der Waals surface area contributed by atoms with E-state index in [4.69, 9.17) is 21.7 Å². The number of nitrogens with one attached hydrogen (secondary N) is 1. The van der Waals surface area contributed by atoms with Crippen LogP contribution in [-0.4, -0.2) is 30.2 Å². The molecule has 1 aromatic rings. The number of rotatable bonds is 8. The average Bonchev–Trinajstić information content (AvgIpc) is 2.59. The van der Waals surface area contributed by atoms with E-state index in [0.717, 1.165) is 49.2 Å². The number of carbonyl (C=O) groups excluding carboxylic acids is 1. The number of thiocarbonyl (C=S) groups is 1. The van der Waals surface area contributed by atoms with Crippen molar-refractivity contribution >= 4 is 28.7 Å². The van der Waals surface area contributed by atoms with E-state index in [9.17, 15) is 4.79 Å². The normalized spacial score (nSPS) is 18.2. The Bertz CT molecular complexity index is 654. The van der Waals surface area contributed by atoms with Crippen LogP contribution >= 0.6 is 12.2 Å². The molecule has 0 saturated carbocycles. The zero-order valence-corrected chi connectivity index (χ0v) is 16.7.